The van der Waals surface area contributed by atoms with Crippen LogP contribution in [-0.2, 0) is 30.3 Å². The number of rotatable bonds is 16. The molecule has 0 spiro atoms. The highest BCUT2D eigenvalue weighted by Gasteiger charge is 2.33. The molecular weight excluding hydrogens is 602 g/mol. The zero-order chi connectivity index (χ0) is 33.9. The third-order valence-corrected chi connectivity index (χ3v) is 6.53. The average molecular weight is 644 g/mol. The van der Waals surface area contributed by atoms with E-state index in [1.165, 1.54) is 37.4 Å². The lowest BCUT2D eigenvalue weighted by Gasteiger charge is -2.23. The van der Waals surface area contributed by atoms with Gasteiger partial charge in [-0.25, -0.2) is 14.4 Å². The Balaban J connectivity index is 1.56. The first kappa shape index (κ1) is 35.5. The number of carboxylic acid groups (broad SMARTS) is 1. The van der Waals surface area contributed by atoms with E-state index in [-0.39, 0.29) is 48.4 Å². The Labute approximate surface area is 266 Å². The standard InChI is InChI=1S/C32H41N3O11/c1-32(2,3)46-31(42)35-22(18-19-10-14-21(15-11-19)45-26(29(39)40)28(38)34-20-12-13-20)27(37)33-16-5-6-17-44-24-9-7-8-23(36)25(24)30(41)43-4/h7-11,14-15,20,22,26,36H,5-6,12-13,16-18H2,1-4H3,(H,33,37)(H,34,38)(H,35,42)(H,39,40)/t22-,26?/m0/s1. The number of nitrogens with one attached hydrogen (secondary N) is 3. The van der Waals surface area contributed by atoms with Crippen LogP contribution in [-0.4, -0.2) is 84.1 Å². The number of phenolic OH excluding ortho intramolecular Hbond substituents is 1. The summed E-state index contributed by atoms with van der Waals surface area (Å²) in [6.45, 7) is 5.54. The maximum Gasteiger partial charge on any atom is 0.408 e. The van der Waals surface area contributed by atoms with Gasteiger partial charge in [-0.1, -0.05) is 18.2 Å². The largest absolute Gasteiger partial charge is 0.507 e. The van der Waals surface area contributed by atoms with Crippen LogP contribution in [0.15, 0.2) is 42.5 Å². The average Bonchev–Trinajstić information content (AvgIpc) is 3.80. The number of ether oxygens (including phenoxy) is 4. The van der Waals surface area contributed by atoms with Crippen LogP contribution < -0.4 is 25.4 Å². The lowest BCUT2D eigenvalue weighted by molar-refractivity contribution is -0.151. The second-order valence-corrected chi connectivity index (χ2v) is 11.7. The molecule has 2 atom stereocenters. The van der Waals surface area contributed by atoms with Gasteiger partial charge in [0.1, 0.15) is 34.5 Å². The van der Waals surface area contributed by atoms with Crippen LogP contribution in [0.3, 0.4) is 0 Å². The molecule has 0 bridgehead atoms. The van der Waals surface area contributed by atoms with Gasteiger partial charge in [0.25, 0.3) is 12.0 Å². The number of aromatic hydroxyl groups is 1. The van der Waals surface area contributed by atoms with Crippen molar-refractivity contribution < 1.29 is 53.1 Å². The number of methoxy groups -OCH3 is 1. The predicted octanol–water partition coefficient (Wildman–Crippen LogP) is 2.70. The zero-order valence-electron chi connectivity index (χ0n) is 26.3. The third kappa shape index (κ3) is 11.5. The molecule has 2 aromatic carbocycles. The SMILES string of the molecule is COC(=O)c1c(O)cccc1OCCCCNC(=O)[C@H](Cc1ccc(OC(C(=O)O)C(=O)NC2CC2)cc1)NC(=O)OC(C)(C)C. The van der Waals surface area contributed by atoms with Gasteiger partial charge in [0.05, 0.1) is 13.7 Å². The molecule has 0 heterocycles. The number of phenols is 1. The smallest absolute Gasteiger partial charge is 0.408 e. The van der Waals surface area contributed by atoms with E-state index in [2.05, 4.69) is 16.0 Å². The molecule has 5 N–H and O–H groups in total. The minimum absolute atomic E-state index is 0.0276. The van der Waals surface area contributed by atoms with Gasteiger partial charge in [-0.2, -0.15) is 0 Å². The van der Waals surface area contributed by atoms with Crippen molar-refractivity contribution in [2.45, 2.75) is 76.7 Å². The van der Waals surface area contributed by atoms with E-state index in [0.717, 1.165) is 12.8 Å². The summed E-state index contributed by atoms with van der Waals surface area (Å²) >= 11 is 0. The summed E-state index contributed by atoms with van der Waals surface area (Å²) in [5.74, 6) is -3.28. The van der Waals surface area contributed by atoms with Gasteiger partial charge in [-0.05, 0) is 76.3 Å². The first-order valence-corrected chi connectivity index (χ1v) is 14.9. The summed E-state index contributed by atoms with van der Waals surface area (Å²) in [5.41, 5.74) is -0.242. The molecule has 1 unspecified atom stereocenters. The van der Waals surface area contributed by atoms with E-state index in [0.29, 0.717) is 18.4 Å². The Morgan fingerprint density at radius 2 is 1.67 bits per heavy atom. The number of amides is 3. The summed E-state index contributed by atoms with van der Waals surface area (Å²) < 4.78 is 21.1. The predicted molar refractivity (Wildman–Crippen MR) is 164 cm³/mol. The highest BCUT2D eigenvalue weighted by Crippen LogP contribution is 2.28. The number of hydrogen-bond donors (Lipinski definition) is 5. The van der Waals surface area contributed by atoms with Crippen LogP contribution in [0.25, 0.3) is 0 Å². The molecule has 1 aliphatic rings. The monoisotopic (exact) mass is 643 g/mol. The molecule has 0 saturated heterocycles. The Morgan fingerprint density at radius 1 is 0.978 bits per heavy atom. The quantitative estimate of drug-likeness (QED) is 0.102. The van der Waals surface area contributed by atoms with Crippen LogP contribution in [0.5, 0.6) is 17.2 Å². The number of carbonyl (C=O) groups excluding carboxylic acids is 4. The summed E-state index contributed by atoms with van der Waals surface area (Å²) in [6.07, 6.45) is 0.186. The minimum atomic E-state index is -1.71. The van der Waals surface area contributed by atoms with E-state index < -0.39 is 47.6 Å². The maximum atomic E-state index is 13.1. The number of benzene rings is 2. The molecule has 46 heavy (non-hydrogen) atoms. The molecule has 250 valence electrons. The minimum Gasteiger partial charge on any atom is -0.507 e. The van der Waals surface area contributed by atoms with Crippen molar-refractivity contribution in [3.8, 4) is 17.2 Å². The van der Waals surface area contributed by atoms with Crippen molar-refractivity contribution in [2.75, 3.05) is 20.3 Å². The highest BCUT2D eigenvalue weighted by atomic mass is 16.6. The fraction of sp³-hybridized carbons (Fsp3) is 0.469. The fourth-order valence-corrected chi connectivity index (χ4v) is 4.15. The van der Waals surface area contributed by atoms with Crippen LogP contribution >= 0.6 is 0 Å². The summed E-state index contributed by atoms with van der Waals surface area (Å²) in [4.78, 5) is 61.5. The van der Waals surface area contributed by atoms with Crippen molar-refractivity contribution in [2.24, 2.45) is 0 Å². The summed E-state index contributed by atoms with van der Waals surface area (Å²) in [6, 6.07) is 9.56. The molecule has 2 aromatic rings. The van der Waals surface area contributed by atoms with Crippen molar-refractivity contribution in [1.29, 1.82) is 0 Å². The molecule has 3 amide bonds. The van der Waals surface area contributed by atoms with Crippen molar-refractivity contribution >= 4 is 29.8 Å². The van der Waals surface area contributed by atoms with Gasteiger partial charge < -0.3 is 45.1 Å². The number of carbonyl (C=O) groups is 5. The fourth-order valence-electron chi connectivity index (χ4n) is 4.15. The molecule has 3 rings (SSSR count). The zero-order valence-corrected chi connectivity index (χ0v) is 26.3. The molecule has 1 aliphatic carbocycles. The molecule has 1 saturated carbocycles. The number of esters is 1. The van der Waals surface area contributed by atoms with Gasteiger partial charge in [0.2, 0.25) is 5.91 Å². The Kier molecular flexibility index (Phi) is 12.6. The van der Waals surface area contributed by atoms with Crippen molar-refractivity contribution in [1.82, 2.24) is 16.0 Å². The van der Waals surface area contributed by atoms with Gasteiger partial charge in [0.15, 0.2) is 0 Å². The van der Waals surface area contributed by atoms with Crippen LogP contribution in [0.1, 0.15) is 62.4 Å². The summed E-state index contributed by atoms with van der Waals surface area (Å²) in [7, 11) is 1.20. The highest BCUT2D eigenvalue weighted by molar-refractivity contribution is 6.00. The van der Waals surface area contributed by atoms with Gasteiger partial charge >= 0.3 is 18.0 Å². The van der Waals surface area contributed by atoms with Gasteiger partial charge in [-0.15, -0.1) is 0 Å². The van der Waals surface area contributed by atoms with E-state index in [1.807, 2.05) is 0 Å². The molecule has 0 aliphatic heterocycles. The topological polar surface area (TPSA) is 199 Å². The first-order valence-electron chi connectivity index (χ1n) is 14.9. The van der Waals surface area contributed by atoms with Crippen LogP contribution in [0.2, 0.25) is 0 Å². The molecule has 0 radical (unpaired) electrons. The number of hydrogen-bond acceptors (Lipinski definition) is 10. The molecular formula is C32H41N3O11. The maximum absolute atomic E-state index is 13.1. The van der Waals surface area contributed by atoms with E-state index in [9.17, 15) is 34.2 Å². The first-order chi connectivity index (χ1) is 21.8. The number of aliphatic carboxylic acids is 1. The molecule has 0 aromatic heterocycles. The second-order valence-electron chi connectivity index (χ2n) is 11.7. The van der Waals surface area contributed by atoms with Crippen molar-refractivity contribution in [3.05, 3.63) is 53.6 Å². The Bertz CT molecular complexity index is 1380. The Morgan fingerprint density at radius 3 is 2.28 bits per heavy atom. The summed E-state index contributed by atoms with van der Waals surface area (Å²) in [5, 5.41) is 27.4. The lowest BCUT2D eigenvalue weighted by Crippen LogP contribution is -2.49. The number of alkyl carbamates (subject to hydrolysis) is 1. The number of unbranched alkanes of at least 4 members (excludes halogenated alkanes) is 1. The van der Waals surface area contributed by atoms with E-state index in [1.54, 1.807) is 32.9 Å². The van der Waals surface area contributed by atoms with Crippen LogP contribution in [0, 0.1) is 0 Å². The van der Waals surface area contributed by atoms with E-state index >= 15 is 0 Å². The normalized spacial score (nSPS) is 13.8. The van der Waals surface area contributed by atoms with Crippen molar-refractivity contribution in [3.63, 3.8) is 0 Å². The molecule has 14 nitrogen and oxygen atoms in total. The third-order valence-electron chi connectivity index (χ3n) is 6.53. The van der Waals surface area contributed by atoms with Crippen LogP contribution in [0.4, 0.5) is 4.79 Å². The lowest BCUT2D eigenvalue weighted by atomic mass is 10.0. The van der Waals surface area contributed by atoms with Gasteiger partial charge in [-0.3, -0.25) is 9.59 Å². The Hall–Kier alpha value is -5.01. The second kappa shape index (κ2) is 16.3. The molecule has 1 fully saturated rings. The molecule has 14 heteroatoms. The van der Waals surface area contributed by atoms with E-state index in [4.69, 9.17) is 18.9 Å². The van der Waals surface area contributed by atoms with Gasteiger partial charge in [0, 0.05) is 19.0 Å². The number of carboxylic acids is 1.